The summed E-state index contributed by atoms with van der Waals surface area (Å²) >= 11 is 0. The summed E-state index contributed by atoms with van der Waals surface area (Å²) in [4.78, 5) is 4.87. The number of benzene rings is 1. The first-order chi connectivity index (χ1) is 12.3. The number of hydrogen-bond donors (Lipinski definition) is 2. The van der Waals surface area contributed by atoms with Gasteiger partial charge in [0.15, 0.2) is 0 Å². The van der Waals surface area contributed by atoms with Crippen molar-refractivity contribution in [1.82, 2.24) is 15.1 Å². The minimum Gasteiger partial charge on any atom is -0.396 e. The molecule has 0 radical (unpaired) electrons. The smallest absolute Gasteiger partial charge is 0.0598 e. The molecular formula is C21H31N3O. The zero-order valence-corrected chi connectivity index (χ0v) is 15.1. The van der Waals surface area contributed by atoms with Crippen LogP contribution in [0, 0.1) is 18.3 Å². The van der Waals surface area contributed by atoms with Crippen LogP contribution >= 0.6 is 0 Å². The maximum atomic E-state index is 9.79. The van der Waals surface area contributed by atoms with Crippen LogP contribution in [0.3, 0.4) is 0 Å². The van der Waals surface area contributed by atoms with Gasteiger partial charge in [0.25, 0.3) is 0 Å². The van der Waals surface area contributed by atoms with E-state index in [1.165, 1.54) is 5.56 Å². The minimum absolute atomic E-state index is 0.285. The summed E-state index contributed by atoms with van der Waals surface area (Å²) in [5, 5.41) is 13.6. The average molecular weight is 341 g/mol. The molecule has 1 aromatic carbocycles. The third kappa shape index (κ3) is 5.29. The lowest BCUT2D eigenvalue weighted by Gasteiger charge is -2.41. The Labute approximate surface area is 152 Å². The van der Waals surface area contributed by atoms with E-state index in [0.717, 1.165) is 58.5 Å². The molecule has 2 fully saturated rings. The Morgan fingerprint density at radius 1 is 1.08 bits per heavy atom. The molecule has 25 heavy (non-hydrogen) atoms. The van der Waals surface area contributed by atoms with Crippen LogP contribution in [-0.2, 0) is 6.54 Å². The maximum absolute atomic E-state index is 9.79. The first kappa shape index (κ1) is 18.4. The van der Waals surface area contributed by atoms with Gasteiger partial charge in [0.1, 0.15) is 0 Å². The van der Waals surface area contributed by atoms with Crippen molar-refractivity contribution in [1.29, 1.82) is 0 Å². The van der Waals surface area contributed by atoms with Crippen LogP contribution in [0.5, 0.6) is 0 Å². The van der Waals surface area contributed by atoms with Crippen LogP contribution in [0.2, 0.25) is 0 Å². The standard InChI is InChI=1S/C21H31N3O/c1-2-11-23-13-9-20(10-14-23)22-21-16-24(12-8-19(21)17-25)15-18-6-4-3-5-7-18/h1,3-7,19-22,25H,8-17H2/t19-,21-/m1/s1. The van der Waals surface area contributed by atoms with Crippen LogP contribution in [0.25, 0.3) is 0 Å². The van der Waals surface area contributed by atoms with Crippen LogP contribution in [0.15, 0.2) is 30.3 Å². The van der Waals surface area contributed by atoms with Gasteiger partial charge in [-0.05, 0) is 37.3 Å². The maximum Gasteiger partial charge on any atom is 0.0598 e. The molecule has 2 heterocycles. The largest absolute Gasteiger partial charge is 0.396 e. The topological polar surface area (TPSA) is 38.7 Å². The van der Waals surface area contributed by atoms with Crippen molar-refractivity contribution in [2.45, 2.75) is 37.9 Å². The summed E-state index contributed by atoms with van der Waals surface area (Å²) in [7, 11) is 0. The van der Waals surface area contributed by atoms with Gasteiger partial charge >= 0.3 is 0 Å². The fourth-order valence-electron chi connectivity index (χ4n) is 4.15. The molecule has 4 nitrogen and oxygen atoms in total. The molecular weight excluding hydrogens is 310 g/mol. The quantitative estimate of drug-likeness (QED) is 0.770. The highest BCUT2D eigenvalue weighted by atomic mass is 16.3. The third-order valence-electron chi connectivity index (χ3n) is 5.68. The van der Waals surface area contributed by atoms with E-state index in [0.29, 0.717) is 18.0 Å². The Morgan fingerprint density at radius 2 is 1.80 bits per heavy atom. The lowest BCUT2D eigenvalue weighted by Crippen LogP contribution is -2.56. The Hall–Kier alpha value is -1.38. The molecule has 0 aromatic heterocycles. The summed E-state index contributed by atoms with van der Waals surface area (Å²) < 4.78 is 0. The molecule has 2 aliphatic heterocycles. The van der Waals surface area contributed by atoms with Gasteiger partial charge in [0.05, 0.1) is 6.54 Å². The Bertz CT molecular complexity index is 548. The van der Waals surface area contributed by atoms with E-state index in [1.807, 2.05) is 0 Å². The highest BCUT2D eigenvalue weighted by Crippen LogP contribution is 2.21. The van der Waals surface area contributed by atoms with Crippen LogP contribution in [0.1, 0.15) is 24.8 Å². The predicted molar refractivity (Wildman–Crippen MR) is 102 cm³/mol. The van der Waals surface area contributed by atoms with Crippen molar-refractivity contribution in [3.05, 3.63) is 35.9 Å². The number of piperidine rings is 2. The summed E-state index contributed by atoms with van der Waals surface area (Å²) in [6.45, 7) is 6.28. The summed E-state index contributed by atoms with van der Waals surface area (Å²) in [6, 6.07) is 11.6. The van der Waals surface area contributed by atoms with Crippen molar-refractivity contribution in [2.75, 3.05) is 39.3 Å². The van der Waals surface area contributed by atoms with Gasteiger partial charge in [-0.3, -0.25) is 9.80 Å². The number of aliphatic hydroxyl groups is 1. The van der Waals surface area contributed by atoms with E-state index in [4.69, 9.17) is 6.42 Å². The molecule has 4 heteroatoms. The van der Waals surface area contributed by atoms with E-state index < -0.39 is 0 Å². The molecule has 0 unspecified atom stereocenters. The second-order valence-corrected chi connectivity index (χ2v) is 7.48. The molecule has 136 valence electrons. The molecule has 0 bridgehead atoms. The highest BCUT2D eigenvalue weighted by Gasteiger charge is 2.31. The number of nitrogens with zero attached hydrogens (tertiary/aromatic N) is 2. The van der Waals surface area contributed by atoms with Gasteiger partial charge in [-0.25, -0.2) is 0 Å². The molecule has 1 aromatic rings. The van der Waals surface area contributed by atoms with Crippen molar-refractivity contribution in [3.63, 3.8) is 0 Å². The van der Waals surface area contributed by atoms with Gasteiger partial charge < -0.3 is 10.4 Å². The van der Waals surface area contributed by atoms with E-state index in [-0.39, 0.29) is 6.61 Å². The fraction of sp³-hybridized carbons (Fsp3) is 0.619. The number of terminal acetylenes is 1. The van der Waals surface area contributed by atoms with Crippen LogP contribution in [0.4, 0.5) is 0 Å². The second kappa shape index (κ2) is 9.35. The van der Waals surface area contributed by atoms with Gasteiger partial charge in [-0.15, -0.1) is 6.42 Å². The monoisotopic (exact) mass is 341 g/mol. The van der Waals surface area contributed by atoms with Gasteiger partial charge in [0, 0.05) is 44.9 Å². The third-order valence-corrected chi connectivity index (χ3v) is 5.68. The van der Waals surface area contributed by atoms with E-state index in [9.17, 15) is 5.11 Å². The van der Waals surface area contributed by atoms with Gasteiger partial charge in [-0.1, -0.05) is 36.3 Å². The molecule has 0 aliphatic carbocycles. The normalized spacial score (nSPS) is 26.4. The van der Waals surface area contributed by atoms with Crippen molar-refractivity contribution >= 4 is 0 Å². The number of nitrogens with one attached hydrogen (secondary N) is 1. The first-order valence-electron chi connectivity index (χ1n) is 9.57. The van der Waals surface area contributed by atoms with Gasteiger partial charge in [-0.2, -0.15) is 0 Å². The number of rotatable bonds is 6. The average Bonchev–Trinajstić information content (AvgIpc) is 2.65. The minimum atomic E-state index is 0.285. The Kier molecular flexibility index (Phi) is 6.89. The SMILES string of the molecule is C#CCN1CCC(N[C@@H]2CN(Cc3ccccc3)CC[C@@H]2CO)CC1. The number of likely N-dealkylation sites (tertiary alicyclic amines) is 2. The summed E-state index contributed by atoms with van der Waals surface area (Å²) in [5.41, 5.74) is 1.37. The fourth-order valence-corrected chi connectivity index (χ4v) is 4.15. The molecule has 2 saturated heterocycles. The van der Waals surface area contributed by atoms with Gasteiger partial charge in [0.2, 0.25) is 0 Å². The first-order valence-corrected chi connectivity index (χ1v) is 9.57. The highest BCUT2D eigenvalue weighted by molar-refractivity contribution is 5.14. The summed E-state index contributed by atoms with van der Waals surface area (Å²) in [5.74, 6) is 3.12. The summed E-state index contributed by atoms with van der Waals surface area (Å²) in [6.07, 6.45) is 8.78. The zero-order chi connectivity index (χ0) is 17.5. The Morgan fingerprint density at radius 3 is 2.48 bits per heavy atom. The molecule has 2 aliphatic rings. The molecule has 3 rings (SSSR count). The number of hydrogen-bond acceptors (Lipinski definition) is 4. The van der Waals surface area contributed by atoms with Crippen molar-refractivity contribution in [3.8, 4) is 12.3 Å². The molecule has 2 N–H and O–H groups in total. The second-order valence-electron chi connectivity index (χ2n) is 7.48. The van der Waals surface area contributed by atoms with Crippen molar-refractivity contribution in [2.24, 2.45) is 5.92 Å². The Balaban J connectivity index is 1.52. The molecule has 2 atom stereocenters. The molecule has 0 amide bonds. The van der Waals surface area contributed by atoms with E-state index in [2.05, 4.69) is 51.4 Å². The number of aliphatic hydroxyl groups excluding tert-OH is 1. The van der Waals surface area contributed by atoms with E-state index in [1.54, 1.807) is 0 Å². The van der Waals surface area contributed by atoms with E-state index >= 15 is 0 Å². The molecule has 0 saturated carbocycles. The lowest BCUT2D eigenvalue weighted by molar-refractivity contribution is 0.0785. The molecule has 0 spiro atoms. The lowest BCUT2D eigenvalue weighted by atomic mass is 9.90. The predicted octanol–water partition coefficient (Wildman–Crippen LogP) is 1.56. The van der Waals surface area contributed by atoms with Crippen molar-refractivity contribution < 1.29 is 5.11 Å². The van der Waals surface area contributed by atoms with Crippen LogP contribution < -0.4 is 5.32 Å². The van der Waals surface area contributed by atoms with Crippen LogP contribution in [-0.4, -0.2) is 66.3 Å². The zero-order valence-electron chi connectivity index (χ0n) is 15.1.